The molecule has 7 N–H and O–H groups in total. The molecule has 5 rings (SSSR count). The number of aryl methyl sites for hydroxylation is 1. The predicted octanol–water partition coefficient (Wildman–Crippen LogP) is 3.08. The number of hydrogen-bond acceptors (Lipinski definition) is 8. The molecule has 2 amide bonds. The molecule has 2 aliphatic rings. The molecule has 1 aliphatic heterocycles. The maximum absolute atomic E-state index is 14.1. The van der Waals surface area contributed by atoms with Crippen LogP contribution in [-0.2, 0) is 21.5 Å². The molecule has 3 aromatic rings. The molecule has 9 nitrogen and oxygen atoms in total. The van der Waals surface area contributed by atoms with E-state index in [1.807, 2.05) is 19.1 Å². The van der Waals surface area contributed by atoms with Gasteiger partial charge < -0.3 is 27.4 Å². The Balaban J connectivity index is 1.58. The number of thiophene rings is 1. The van der Waals surface area contributed by atoms with E-state index >= 15 is 0 Å². The number of Topliss-reactive ketones (excluding diaryl/α,β-unsaturated/α-hetero) is 1. The van der Waals surface area contributed by atoms with Gasteiger partial charge >= 0.3 is 0 Å². The summed E-state index contributed by atoms with van der Waals surface area (Å²) in [4.78, 5) is 46.6. The van der Waals surface area contributed by atoms with Gasteiger partial charge in [0, 0.05) is 52.7 Å². The number of likely N-dealkylation sites (tertiary alicyclic amines) is 1. The van der Waals surface area contributed by atoms with Crippen molar-refractivity contribution in [3.8, 4) is 0 Å². The summed E-state index contributed by atoms with van der Waals surface area (Å²) in [6, 6.07) is 5.91. The van der Waals surface area contributed by atoms with Gasteiger partial charge in [-0.3, -0.25) is 19.4 Å². The molecule has 1 aromatic carbocycles. The Morgan fingerprint density at radius 1 is 1.27 bits per heavy atom. The minimum absolute atomic E-state index is 0.165. The van der Waals surface area contributed by atoms with Crippen LogP contribution in [0.15, 0.2) is 36.9 Å². The van der Waals surface area contributed by atoms with Crippen LogP contribution in [0.25, 0.3) is 10.1 Å². The highest BCUT2D eigenvalue weighted by atomic mass is 32.1. The Morgan fingerprint density at radius 2 is 2.00 bits per heavy atom. The second-order valence-electron chi connectivity index (χ2n) is 11.2. The van der Waals surface area contributed by atoms with Crippen LogP contribution in [0.4, 0.5) is 5.69 Å². The van der Waals surface area contributed by atoms with Crippen LogP contribution in [0.3, 0.4) is 0 Å². The Hall–Kier alpha value is -3.60. The summed E-state index contributed by atoms with van der Waals surface area (Å²) in [6.07, 6.45) is 3.59. The molecule has 3 atom stereocenters. The van der Waals surface area contributed by atoms with Crippen molar-refractivity contribution < 1.29 is 14.4 Å². The molecule has 3 heterocycles. The van der Waals surface area contributed by atoms with Crippen molar-refractivity contribution in [2.45, 2.75) is 57.7 Å². The second kappa shape index (κ2) is 10.4. The van der Waals surface area contributed by atoms with Gasteiger partial charge in [0.1, 0.15) is 5.54 Å². The van der Waals surface area contributed by atoms with Gasteiger partial charge in [-0.25, -0.2) is 0 Å². The fourth-order valence-corrected chi connectivity index (χ4v) is 7.27. The van der Waals surface area contributed by atoms with Gasteiger partial charge in [0.2, 0.25) is 5.91 Å². The van der Waals surface area contributed by atoms with E-state index in [-0.39, 0.29) is 17.9 Å². The van der Waals surface area contributed by atoms with Crippen LogP contribution >= 0.6 is 11.3 Å². The van der Waals surface area contributed by atoms with Gasteiger partial charge in [0.25, 0.3) is 5.91 Å². The number of carbonyl (C=O) groups is 3. The lowest BCUT2D eigenvalue weighted by atomic mass is 9.70. The molecule has 0 bridgehead atoms. The van der Waals surface area contributed by atoms with E-state index in [9.17, 15) is 14.4 Å². The van der Waals surface area contributed by atoms with E-state index in [4.69, 9.17) is 22.2 Å². The minimum atomic E-state index is -1.55. The number of nitrogens with one attached hydrogen (secondary N) is 1. The highest BCUT2D eigenvalue weighted by Crippen LogP contribution is 2.49. The number of hydrogen-bond donors (Lipinski definition) is 4. The second-order valence-corrected chi connectivity index (χ2v) is 12.3. The number of amides is 2. The fourth-order valence-electron chi connectivity index (χ4n) is 6.06. The first-order valence-corrected chi connectivity index (χ1v) is 14.4. The lowest BCUT2D eigenvalue weighted by Crippen LogP contribution is -2.53. The van der Waals surface area contributed by atoms with Crippen molar-refractivity contribution in [1.82, 2.24) is 15.2 Å². The molecule has 10 heteroatoms. The zero-order valence-electron chi connectivity index (χ0n) is 23.1. The average Bonchev–Trinajstić information content (AvgIpc) is 3.33. The summed E-state index contributed by atoms with van der Waals surface area (Å²) in [5.74, 6) is -0.478. The first kappa shape index (κ1) is 27.9. The summed E-state index contributed by atoms with van der Waals surface area (Å²) in [6.45, 7) is 10.7. The van der Waals surface area contributed by atoms with Crippen molar-refractivity contribution >= 4 is 44.7 Å². The average molecular weight is 561 g/mol. The molecule has 3 unspecified atom stereocenters. The van der Waals surface area contributed by atoms with Gasteiger partial charge in [-0.2, -0.15) is 0 Å². The zero-order valence-corrected chi connectivity index (χ0v) is 23.9. The number of anilines is 1. The first-order chi connectivity index (χ1) is 19.0. The molecule has 210 valence electrons. The SMILES string of the molecule is C=CC(=O)N1CCCC(NC(=O)c2sc3c(N)ccc4c3c2C(N)C(=O)C4(N)c2ccc(CC(C)C)nc2C)C1. The largest absolute Gasteiger partial charge is 0.398 e. The number of rotatable bonds is 6. The Bertz CT molecular complexity index is 1550. The number of nitrogens with two attached hydrogens (primary N) is 3. The van der Waals surface area contributed by atoms with Gasteiger partial charge in [-0.05, 0) is 55.9 Å². The Kier molecular flexibility index (Phi) is 7.28. The minimum Gasteiger partial charge on any atom is -0.398 e. The van der Waals surface area contributed by atoms with Crippen LogP contribution in [0.5, 0.6) is 0 Å². The first-order valence-electron chi connectivity index (χ1n) is 13.6. The number of aromatic nitrogens is 1. The van der Waals surface area contributed by atoms with Gasteiger partial charge in [0.15, 0.2) is 5.78 Å². The zero-order chi connectivity index (χ0) is 28.9. The van der Waals surface area contributed by atoms with Gasteiger partial charge in [-0.1, -0.05) is 32.6 Å². The van der Waals surface area contributed by atoms with E-state index in [1.165, 1.54) is 17.4 Å². The molecule has 0 saturated carbocycles. The normalized spacial score (nSPS) is 22.6. The highest BCUT2D eigenvalue weighted by Gasteiger charge is 2.49. The quantitative estimate of drug-likeness (QED) is 0.266. The standard InChI is InChI=1S/C30H36N6O3S/c1-5-22(37)36-12-6-7-18(14-36)35-29(39)27-24-23-20(10-11-21(31)26(23)40-27)30(33,28(38)25(24)32)19-9-8-17(13-15(2)3)34-16(19)4/h5,8-11,15,18,25H,1,6-7,12-14,31-33H2,2-4H3,(H,35,39). The van der Waals surface area contributed by atoms with E-state index in [0.29, 0.717) is 62.0 Å². The predicted molar refractivity (Wildman–Crippen MR) is 158 cm³/mol. The maximum atomic E-state index is 14.1. The van der Waals surface area contributed by atoms with Gasteiger partial charge in [0.05, 0.1) is 15.6 Å². The number of pyridine rings is 1. The van der Waals surface area contributed by atoms with Crippen molar-refractivity contribution in [2.75, 3.05) is 18.8 Å². The summed E-state index contributed by atoms with van der Waals surface area (Å²) < 4.78 is 0.671. The topological polar surface area (TPSA) is 157 Å². The Labute approximate surface area is 237 Å². The molecule has 1 aliphatic carbocycles. The maximum Gasteiger partial charge on any atom is 0.262 e. The van der Waals surface area contributed by atoms with Gasteiger partial charge in [-0.15, -0.1) is 11.3 Å². The van der Waals surface area contributed by atoms with E-state index in [1.54, 1.807) is 17.0 Å². The smallest absolute Gasteiger partial charge is 0.262 e. The molecule has 0 radical (unpaired) electrons. The van der Waals surface area contributed by atoms with E-state index < -0.39 is 17.4 Å². The van der Waals surface area contributed by atoms with Crippen molar-refractivity contribution in [3.05, 3.63) is 69.9 Å². The molecule has 40 heavy (non-hydrogen) atoms. The molecule has 2 aromatic heterocycles. The molecule has 1 saturated heterocycles. The number of piperidine rings is 1. The third-order valence-electron chi connectivity index (χ3n) is 7.95. The third kappa shape index (κ3) is 4.49. The molecule has 1 fully saturated rings. The summed E-state index contributed by atoms with van der Waals surface area (Å²) >= 11 is 1.22. The van der Waals surface area contributed by atoms with Crippen LogP contribution in [-0.4, -0.2) is 46.6 Å². The van der Waals surface area contributed by atoms with Crippen LogP contribution in [0.1, 0.15) is 70.5 Å². The number of nitrogen functional groups attached to an aromatic ring is 1. The summed E-state index contributed by atoms with van der Waals surface area (Å²) in [5, 5.41) is 3.71. The number of benzene rings is 1. The van der Waals surface area contributed by atoms with Crippen LogP contribution in [0.2, 0.25) is 0 Å². The highest BCUT2D eigenvalue weighted by molar-refractivity contribution is 7.21. The summed E-state index contributed by atoms with van der Waals surface area (Å²) in [7, 11) is 0. The number of nitrogens with zero attached hydrogens (tertiary/aromatic N) is 2. The van der Waals surface area contributed by atoms with Crippen LogP contribution in [0, 0.1) is 12.8 Å². The number of carbonyl (C=O) groups excluding carboxylic acids is 3. The molecule has 0 spiro atoms. The summed E-state index contributed by atoms with van der Waals surface area (Å²) in [5.41, 5.74) is 22.2. The van der Waals surface area contributed by atoms with Crippen LogP contribution < -0.4 is 22.5 Å². The monoisotopic (exact) mass is 560 g/mol. The fraction of sp³-hybridized carbons (Fsp3) is 0.400. The molecular weight excluding hydrogens is 524 g/mol. The third-order valence-corrected chi connectivity index (χ3v) is 9.20. The van der Waals surface area contributed by atoms with Crippen molar-refractivity contribution in [2.24, 2.45) is 17.4 Å². The molecular formula is C30H36N6O3S. The van der Waals surface area contributed by atoms with Crippen molar-refractivity contribution in [1.29, 1.82) is 0 Å². The number of ketones is 1. The lowest BCUT2D eigenvalue weighted by molar-refractivity contribution is -0.127. The van der Waals surface area contributed by atoms with Crippen molar-refractivity contribution in [3.63, 3.8) is 0 Å². The lowest BCUT2D eigenvalue weighted by Gasteiger charge is -2.37. The Morgan fingerprint density at radius 3 is 2.67 bits per heavy atom. The van der Waals surface area contributed by atoms with E-state index in [0.717, 1.165) is 25.0 Å². The van der Waals surface area contributed by atoms with E-state index in [2.05, 4.69) is 25.7 Å².